The van der Waals surface area contributed by atoms with Gasteiger partial charge < -0.3 is 0 Å². The van der Waals surface area contributed by atoms with Crippen molar-refractivity contribution in [1.29, 1.82) is 0 Å². The SMILES string of the molecule is C=C(C)C1CCC(CCS(C)(=O)=O)CC1. The van der Waals surface area contributed by atoms with Crippen LogP contribution in [0.1, 0.15) is 39.0 Å². The minimum Gasteiger partial charge on any atom is -0.229 e. The molecular formula is C12H22O2S. The molecule has 0 aliphatic heterocycles. The van der Waals surface area contributed by atoms with Gasteiger partial charge in [0, 0.05) is 6.26 Å². The molecule has 0 bridgehead atoms. The van der Waals surface area contributed by atoms with Crippen molar-refractivity contribution in [3.8, 4) is 0 Å². The zero-order chi connectivity index (χ0) is 11.5. The minimum atomic E-state index is -2.77. The van der Waals surface area contributed by atoms with Crippen molar-refractivity contribution in [1.82, 2.24) is 0 Å². The highest BCUT2D eigenvalue weighted by Crippen LogP contribution is 2.34. The summed E-state index contributed by atoms with van der Waals surface area (Å²) < 4.78 is 22.1. The fourth-order valence-electron chi connectivity index (χ4n) is 2.32. The maximum atomic E-state index is 11.0. The highest BCUT2D eigenvalue weighted by atomic mass is 32.2. The Morgan fingerprint density at radius 3 is 2.20 bits per heavy atom. The number of hydrogen-bond acceptors (Lipinski definition) is 2. The molecule has 1 fully saturated rings. The summed E-state index contributed by atoms with van der Waals surface area (Å²) in [5.41, 5.74) is 1.29. The van der Waals surface area contributed by atoms with Gasteiger partial charge in [-0.2, -0.15) is 0 Å². The van der Waals surface area contributed by atoms with Gasteiger partial charge in [0.2, 0.25) is 0 Å². The van der Waals surface area contributed by atoms with Crippen LogP contribution in [-0.4, -0.2) is 20.4 Å². The molecule has 0 saturated heterocycles. The third kappa shape index (κ3) is 4.83. The van der Waals surface area contributed by atoms with Crippen LogP contribution < -0.4 is 0 Å². The van der Waals surface area contributed by atoms with E-state index in [9.17, 15) is 8.42 Å². The third-order valence-corrected chi connectivity index (χ3v) is 4.42. The molecule has 0 atom stereocenters. The van der Waals surface area contributed by atoms with Crippen molar-refractivity contribution in [2.45, 2.75) is 39.0 Å². The molecule has 2 nitrogen and oxygen atoms in total. The van der Waals surface area contributed by atoms with Crippen molar-refractivity contribution in [3.63, 3.8) is 0 Å². The summed E-state index contributed by atoms with van der Waals surface area (Å²) in [6.45, 7) is 6.09. The first-order chi connectivity index (χ1) is 6.88. The van der Waals surface area contributed by atoms with Gasteiger partial charge in [-0.15, -0.1) is 0 Å². The molecular weight excluding hydrogens is 208 g/mol. The van der Waals surface area contributed by atoms with Gasteiger partial charge in [-0.1, -0.05) is 12.2 Å². The molecule has 0 unspecified atom stereocenters. The Balaban J connectivity index is 2.29. The molecule has 0 aromatic heterocycles. The number of rotatable bonds is 4. The van der Waals surface area contributed by atoms with Crippen LogP contribution in [0.4, 0.5) is 0 Å². The van der Waals surface area contributed by atoms with Crippen LogP contribution in [-0.2, 0) is 9.84 Å². The molecule has 1 aliphatic rings. The highest BCUT2D eigenvalue weighted by molar-refractivity contribution is 7.90. The molecule has 1 saturated carbocycles. The average Bonchev–Trinajstić information content (AvgIpc) is 2.14. The minimum absolute atomic E-state index is 0.357. The molecule has 0 heterocycles. The average molecular weight is 230 g/mol. The fourth-order valence-corrected chi connectivity index (χ4v) is 3.09. The molecule has 15 heavy (non-hydrogen) atoms. The topological polar surface area (TPSA) is 34.1 Å². The third-order valence-electron chi connectivity index (χ3n) is 3.44. The second-order valence-electron chi connectivity index (χ2n) is 4.98. The number of sulfone groups is 1. The summed E-state index contributed by atoms with van der Waals surface area (Å²) >= 11 is 0. The van der Waals surface area contributed by atoms with Gasteiger partial charge in [-0.25, -0.2) is 8.42 Å². The van der Waals surface area contributed by atoms with E-state index in [1.807, 2.05) is 0 Å². The van der Waals surface area contributed by atoms with E-state index in [1.165, 1.54) is 37.5 Å². The standard InChI is InChI=1S/C12H22O2S/c1-10(2)12-6-4-11(5-7-12)8-9-15(3,13)14/h11-12H,1,4-9H2,2-3H3. The normalized spacial score (nSPS) is 27.6. The van der Waals surface area contributed by atoms with Gasteiger partial charge in [-0.3, -0.25) is 0 Å². The van der Waals surface area contributed by atoms with Gasteiger partial charge in [0.05, 0.1) is 5.75 Å². The summed E-state index contributed by atoms with van der Waals surface area (Å²) in [6.07, 6.45) is 6.92. The van der Waals surface area contributed by atoms with Crippen molar-refractivity contribution < 1.29 is 8.42 Å². The van der Waals surface area contributed by atoms with Crippen LogP contribution in [0.3, 0.4) is 0 Å². The van der Waals surface area contributed by atoms with Crippen LogP contribution >= 0.6 is 0 Å². The Labute approximate surface area is 93.7 Å². The molecule has 0 radical (unpaired) electrons. The molecule has 0 aromatic rings. The van der Waals surface area contributed by atoms with Crippen molar-refractivity contribution in [2.24, 2.45) is 11.8 Å². The maximum absolute atomic E-state index is 11.0. The fraction of sp³-hybridized carbons (Fsp3) is 0.833. The molecule has 0 aromatic carbocycles. The van der Waals surface area contributed by atoms with Crippen LogP contribution in [0.5, 0.6) is 0 Å². The van der Waals surface area contributed by atoms with E-state index in [2.05, 4.69) is 13.5 Å². The van der Waals surface area contributed by atoms with E-state index in [4.69, 9.17) is 0 Å². The van der Waals surface area contributed by atoms with Crippen molar-refractivity contribution in [2.75, 3.05) is 12.0 Å². The van der Waals surface area contributed by atoms with Crippen molar-refractivity contribution in [3.05, 3.63) is 12.2 Å². The Morgan fingerprint density at radius 1 is 1.27 bits per heavy atom. The second-order valence-corrected chi connectivity index (χ2v) is 7.24. The smallest absolute Gasteiger partial charge is 0.147 e. The lowest BCUT2D eigenvalue weighted by Gasteiger charge is -2.28. The predicted molar refractivity (Wildman–Crippen MR) is 64.6 cm³/mol. The Bertz CT molecular complexity index is 309. The van der Waals surface area contributed by atoms with Gasteiger partial charge in [0.1, 0.15) is 9.84 Å². The van der Waals surface area contributed by atoms with Gasteiger partial charge >= 0.3 is 0 Å². The van der Waals surface area contributed by atoms with Crippen molar-refractivity contribution >= 4 is 9.84 Å². The number of allylic oxidation sites excluding steroid dienone is 1. The van der Waals surface area contributed by atoms with Gasteiger partial charge in [-0.05, 0) is 50.9 Å². The second kappa shape index (κ2) is 5.15. The first-order valence-corrected chi connectivity index (χ1v) is 7.77. The van der Waals surface area contributed by atoms with E-state index in [0.717, 1.165) is 6.42 Å². The monoisotopic (exact) mass is 230 g/mol. The van der Waals surface area contributed by atoms with Gasteiger partial charge in [0.15, 0.2) is 0 Å². The van der Waals surface area contributed by atoms with Crippen LogP contribution in [0.2, 0.25) is 0 Å². The van der Waals surface area contributed by atoms with E-state index < -0.39 is 9.84 Å². The van der Waals surface area contributed by atoms with Crippen LogP contribution in [0.15, 0.2) is 12.2 Å². The van der Waals surface area contributed by atoms with E-state index in [-0.39, 0.29) is 0 Å². The lowest BCUT2D eigenvalue weighted by molar-refractivity contribution is 0.296. The Hall–Kier alpha value is -0.310. The summed E-state index contributed by atoms with van der Waals surface area (Å²) in [7, 11) is -2.77. The summed E-state index contributed by atoms with van der Waals surface area (Å²) in [6, 6.07) is 0. The zero-order valence-corrected chi connectivity index (χ0v) is 10.6. The Morgan fingerprint density at radius 2 is 1.80 bits per heavy atom. The molecule has 3 heteroatoms. The molecule has 0 spiro atoms. The van der Waals surface area contributed by atoms with Crippen LogP contribution in [0, 0.1) is 11.8 Å². The lowest BCUT2D eigenvalue weighted by atomic mass is 9.78. The van der Waals surface area contributed by atoms with E-state index in [0.29, 0.717) is 17.6 Å². The summed E-state index contributed by atoms with van der Waals surface area (Å²) in [5.74, 6) is 1.66. The molecule has 1 aliphatic carbocycles. The molecule has 0 N–H and O–H groups in total. The highest BCUT2D eigenvalue weighted by Gasteiger charge is 2.22. The number of hydrogen-bond donors (Lipinski definition) is 0. The largest absolute Gasteiger partial charge is 0.229 e. The zero-order valence-electron chi connectivity index (χ0n) is 9.83. The van der Waals surface area contributed by atoms with Crippen LogP contribution in [0.25, 0.3) is 0 Å². The quantitative estimate of drug-likeness (QED) is 0.696. The lowest BCUT2D eigenvalue weighted by Crippen LogP contribution is -2.17. The Kier molecular flexibility index (Phi) is 4.38. The first-order valence-electron chi connectivity index (χ1n) is 5.71. The van der Waals surface area contributed by atoms with E-state index in [1.54, 1.807) is 0 Å². The maximum Gasteiger partial charge on any atom is 0.147 e. The molecule has 0 amide bonds. The van der Waals surface area contributed by atoms with Gasteiger partial charge in [0.25, 0.3) is 0 Å². The van der Waals surface area contributed by atoms with E-state index >= 15 is 0 Å². The first kappa shape index (κ1) is 12.8. The summed E-state index contributed by atoms with van der Waals surface area (Å²) in [4.78, 5) is 0. The summed E-state index contributed by atoms with van der Waals surface area (Å²) in [5, 5.41) is 0. The predicted octanol–water partition coefficient (Wildman–Crippen LogP) is 2.80. The molecule has 88 valence electrons. The molecule has 1 rings (SSSR count).